The summed E-state index contributed by atoms with van der Waals surface area (Å²) >= 11 is 0. The number of fused-ring (bicyclic) bond motifs is 1. The predicted octanol–water partition coefficient (Wildman–Crippen LogP) is 2.53. The van der Waals surface area contributed by atoms with E-state index in [4.69, 9.17) is 4.74 Å². The zero-order valence-corrected chi connectivity index (χ0v) is 17.1. The predicted molar refractivity (Wildman–Crippen MR) is 123 cm³/mol. The molecule has 0 saturated heterocycles. The summed E-state index contributed by atoms with van der Waals surface area (Å²) in [6.45, 7) is 0. The SMILES string of the molecule is O=c1[nH]/c(=C\c2nc3ccccc3[nH]2)c(=O)[nH]/c1=C\c1cccc(Oc2ccc(F)cc2)c1. The summed E-state index contributed by atoms with van der Waals surface area (Å²) in [5, 5.41) is 0.185. The zero-order valence-electron chi connectivity index (χ0n) is 17.1. The third-order valence-corrected chi connectivity index (χ3v) is 4.89. The fourth-order valence-electron chi connectivity index (χ4n) is 3.35. The zero-order chi connectivity index (χ0) is 22.8. The Balaban J connectivity index is 1.48. The van der Waals surface area contributed by atoms with Gasteiger partial charge in [0.2, 0.25) is 0 Å². The Labute approximate surface area is 185 Å². The summed E-state index contributed by atoms with van der Waals surface area (Å²) in [4.78, 5) is 37.9. The van der Waals surface area contributed by atoms with Crippen molar-refractivity contribution in [3.05, 3.63) is 121 Å². The largest absolute Gasteiger partial charge is 0.457 e. The van der Waals surface area contributed by atoms with Crippen LogP contribution in [-0.4, -0.2) is 19.9 Å². The average Bonchev–Trinajstić information content (AvgIpc) is 3.21. The number of halogens is 1. The minimum Gasteiger partial charge on any atom is -0.457 e. The van der Waals surface area contributed by atoms with Crippen molar-refractivity contribution in [3.63, 3.8) is 0 Å². The number of hydrogen-bond donors (Lipinski definition) is 3. The van der Waals surface area contributed by atoms with Gasteiger partial charge in [-0.3, -0.25) is 9.59 Å². The van der Waals surface area contributed by atoms with Crippen molar-refractivity contribution < 1.29 is 9.13 Å². The van der Waals surface area contributed by atoms with Crippen LogP contribution in [0.5, 0.6) is 11.5 Å². The number of benzene rings is 3. The van der Waals surface area contributed by atoms with E-state index in [-0.39, 0.29) is 16.5 Å². The van der Waals surface area contributed by atoms with Gasteiger partial charge in [0.25, 0.3) is 11.1 Å². The molecule has 162 valence electrons. The lowest BCUT2D eigenvalue weighted by molar-refractivity contribution is 0.480. The molecule has 7 nitrogen and oxygen atoms in total. The summed E-state index contributed by atoms with van der Waals surface area (Å²) in [5.41, 5.74) is 1.32. The van der Waals surface area contributed by atoms with Crippen molar-refractivity contribution in [2.45, 2.75) is 0 Å². The molecule has 0 amide bonds. The van der Waals surface area contributed by atoms with E-state index in [1.807, 2.05) is 24.3 Å². The molecule has 5 rings (SSSR count). The molecule has 0 aliphatic rings. The first kappa shape index (κ1) is 20.2. The van der Waals surface area contributed by atoms with Crippen LogP contribution in [0, 0.1) is 5.82 Å². The van der Waals surface area contributed by atoms with Gasteiger partial charge in [0.1, 0.15) is 33.8 Å². The Bertz CT molecular complexity index is 1670. The van der Waals surface area contributed by atoms with Crippen LogP contribution in [0.2, 0.25) is 0 Å². The summed E-state index contributed by atoms with van der Waals surface area (Å²) in [6.07, 6.45) is 3.03. The van der Waals surface area contributed by atoms with E-state index in [1.165, 1.54) is 30.3 Å². The highest BCUT2D eigenvalue weighted by atomic mass is 19.1. The van der Waals surface area contributed by atoms with Crippen LogP contribution in [-0.2, 0) is 0 Å². The minimum absolute atomic E-state index is 0.0876. The van der Waals surface area contributed by atoms with Crippen molar-refractivity contribution >= 4 is 23.2 Å². The molecule has 0 aliphatic carbocycles. The van der Waals surface area contributed by atoms with Crippen LogP contribution < -0.4 is 26.6 Å². The number of para-hydroxylation sites is 2. The average molecular weight is 440 g/mol. The second-order valence-corrected chi connectivity index (χ2v) is 7.29. The highest BCUT2D eigenvalue weighted by Gasteiger charge is 2.03. The Hall–Kier alpha value is -4.72. The van der Waals surface area contributed by atoms with Crippen molar-refractivity contribution in [1.82, 2.24) is 19.9 Å². The van der Waals surface area contributed by atoms with Crippen LogP contribution in [0.15, 0.2) is 82.4 Å². The summed E-state index contributed by atoms with van der Waals surface area (Å²) in [5.74, 6) is 1.09. The van der Waals surface area contributed by atoms with Crippen molar-refractivity contribution in [2.24, 2.45) is 0 Å². The first-order valence-electron chi connectivity index (χ1n) is 10.1. The standard InChI is InChI=1S/C25H17FN4O3/c26-16-8-10-17(11-9-16)33-18-5-3-4-15(12-18)13-21-24(31)30-22(25(32)29-21)14-23-27-19-6-1-2-7-20(19)28-23/h1-14H,(H,27,28)(H,29,32)(H,30,31)/b21-13-,22-14-. The highest BCUT2D eigenvalue weighted by molar-refractivity contribution is 5.76. The molecule has 2 aromatic heterocycles. The number of nitrogens with zero attached hydrogens (tertiary/aromatic N) is 1. The molecule has 0 bridgehead atoms. The van der Waals surface area contributed by atoms with E-state index in [1.54, 1.807) is 30.3 Å². The fourth-order valence-corrected chi connectivity index (χ4v) is 3.35. The van der Waals surface area contributed by atoms with Gasteiger partial charge >= 0.3 is 0 Å². The van der Waals surface area contributed by atoms with E-state index < -0.39 is 11.1 Å². The topological polar surface area (TPSA) is 104 Å². The maximum absolute atomic E-state index is 13.1. The van der Waals surface area contributed by atoms with E-state index in [9.17, 15) is 14.0 Å². The van der Waals surface area contributed by atoms with Gasteiger partial charge in [-0.05, 0) is 60.2 Å². The Kier molecular flexibility index (Phi) is 5.16. The maximum Gasteiger partial charge on any atom is 0.272 e. The molecule has 0 radical (unpaired) electrons. The molecule has 0 saturated carbocycles. The number of aromatic nitrogens is 4. The molecule has 5 aromatic rings. The number of aromatic amines is 3. The molecule has 0 atom stereocenters. The molecular formula is C25H17FN4O3. The number of H-pyrrole nitrogens is 3. The molecule has 0 spiro atoms. The summed E-state index contributed by atoms with van der Waals surface area (Å²) < 4.78 is 18.8. The maximum atomic E-state index is 13.1. The Morgan fingerprint density at radius 3 is 2.24 bits per heavy atom. The van der Waals surface area contributed by atoms with Gasteiger partial charge in [0.15, 0.2) is 0 Å². The second-order valence-electron chi connectivity index (χ2n) is 7.29. The van der Waals surface area contributed by atoms with Gasteiger partial charge in [-0.1, -0.05) is 24.3 Å². The Morgan fingerprint density at radius 1 is 0.758 bits per heavy atom. The first-order valence-corrected chi connectivity index (χ1v) is 10.1. The minimum atomic E-state index is -0.458. The number of ether oxygens (including phenoxy) is 1. The molecule has 33 heavy (non-hydrogen) atoms. The quantitative estimate of drug-likeness (QED) is 0.400. The van der Waals surface area contributed by atoms with Crippen LogP contribution in [0.1, 0.15) is 11.4 Å². The summed E-state index contributed by atoms with van der Waals surface area (Å²) in [6, 6.07) is 20.1. The highest BCUT2D eigenvalue weighted by Crippen LogP contribution is 2.22. The third-order valence-electron chi connectivity index (χ3n) is 4.89. The second kappa shape index (κ2) is 8.43. The molecular weight excluding hydrogens is 423 g/mol. The number of hydrogen-bond acceptors (Lipinski definition) is 4. The lowest BCUT2D eigenvalue weighted by Gasteiger charge is -2.06. The van der Waals surface area contributed by atoms with Gasteiger partial charge in [-0.15, -0.1) is 0 Å². The normalized spacial score (nSPS) is 12.4. The van der Waals surface area contributed by atoms with Gasteiger partial charge < -0.3 is 19.7 Å². The monoisotopic (exact) mass is 440 g/mol. The smallest absolute Gasteiger partial charge is 0.272 e. The van der Waals surface area contributed by atoms with Crippen molar-refractivity contribution in [2.75, 3.05) is 0 Å². The van der Waals surface area contributed by atoms with Gasteiger partial charge in [-0.2, -0.15) is 0 Å². The third kappa shape index (κ3) is 4.49. The van der Waals surface area contributed by atoms with E-state index in [0.29, 0.717) is 22.9 Å². The molecule has 3 N–H and O–H groups in total. The molecule has 8 heteroatoms. The van der Waals surface area contributed by atoms with Crippen molar-refractivity contribution in [1.29, 1.82) is 0 Å². The number of rotatable bonds is 4. The van der Waals surface area contributed by atoms with Crippen molar-refractivity contribution in [3.8, 4) is 11.5 Å². The van der Waals surface area contributed by atoms with Crippen LogP contribution in [0.4, 0.5) is 4.39 Å². The molecule has 0 aliphatic heterocycles. The van der Waals surface area contributed by atoms with E-state index >= 15 is 0 Å². The van der Waals surface area contributed by atoms with Crippen LogP contribution in [0.3, 0.4) is 0 Å². The van der Waals surface area contributed by atoms with Crippen LogP contribution >= 0.6 is 0 Å². The Morgan fingerprint density at radius 2 is 1.48 bits per heavy atom. The molecule has 0 fully saturated rings. The number of imidazole rings is 1. The van der Waals surface area contributed by atoms with Gasteiger partial charge in [-0.25, -0.2) is 9.37 Å². The number of nitrogens with one attached hydrogen (secondary N) is 3. The van der Waals surface area contributed by atoms with Crippen LogP contribution in [0.25, 0.3) is 23.2 Å². The first-order chi connectivity index (χ1) is 16.0. The van der Waals surface area contributed by atoms with Gasteiger partial charge in [0.05, 0.1) is 11.0 Å². The lowest BCUT2D eigenvalue weighted by atomic mass is 10.2. The van der Waals surface area contributed by atoms with E-state index in [0.717, 1.165) is 11.0 Å². The van der Waals surface area contributed by atoms with Gasteiger partial charge in [0, 0.05) is 6.08 Å². The fraction of sp³-hybridized carbons (Fsp3) is 0. The molecule has 3 aromatic carbocycles. The van der Waals surface area contributed by atoms with E-state index in [2.05, 4.69) is 19.9 Å². The summed E-state index contributed by atoms with van der Waals surface area (Å²) in [7, 11) is 0. The molecule has 0 unspecified atom stereocenters. The lowest BCUT2D eigenvalue weighted by Crippen LogP contribution is -2.46. The molecule has 2 heterocycles.